The first-order valence-corrected chi connectivity index (χ1v) is 4.85. The third-order valence-corrected chi connectivity index (χ3v) is 2.90. The molecule has 4 heteroatoms. The molecule has 0 amide bonds. The van der Waals surface area contributed by atoms with E-state index in [2.05, 4.69) is 0 Å². The zero-order valence-electron chi connectivity index (χ0n) is 6.91. The van der Waals surface area contributed by atoms with Crippen LogP contribution in [0.5, 0.6) is 0 Å². The molecular weight excluding hydrogens is 162 g/mol. The van der Waals surface area contributed by atoms with Crippen LogP contribution >= 0.6 is 11.8 Å². The van der Waals surface area contributed by atoms with Gasteiger partial charge >= 0.3 is 5.97 Å². The maximum atomic E-state index is 10.3. The molecule has 0 bridgehead atoms. The highest BCUT2D eigenvalue weighted by atomic mass is 32.2. The summed E-state index contributed by atoms with van der Waals surface area (Å²) in [5.74, 6) is -0.663. The van der Waals surface area contributed by atoms with E-state index in [1.807, 2.05) is 13.2 Å². The Morgan fingerprint density at radius 2 is 2.27 bits per heavy atom. The van der Waals surface area contributed by atoms with Crippen molar-refractivity contribution in [3.8, 4) is 0 Å². The van der Waals surface area contributed by atoms with Gasteiger partial charge in [0, 0.05) is 5.25 Å². The van der Waals surface area contributed by atoms with Gasteiger partial charge in [-0.2, -0.15) is 11.8 Å². The van der Waals surface area contributed by atoms with E-state index in [1.165, 1.54) is 0 Å². The molecule has 0 fully saturated rings. The molecule has 0 aliphatic carbocycles. The number of hydrogen-bond acceptors (Lipinski definition) is 3. The smallest absolute Gasteiger partial charge is 0.303 e. The predicted molar refractivity (Wildman–Crippen MR) is 47.8 cm³/mol. The molecular formula is C7H15NO2S. The molecule has 3 nitrogen and oxygen atoms in total. The third-order valence-electron chi connectivity index (χ3n) is 1.78. The van der Waals surface area contributed by atoms with Crippen molar-refractivity contribution in [1.29, 1.82) is 0 Å². The van der Waals surface area contributed by atoms with E-state index in [0.717, 1.165) is 0 Å². The van der Waals surface area contributed by atoms with Crippen molar-refractivity contribution >= 4 is 17.7 Å². The SMILES string of the molecule is CSC(C)C(CN)CC(=O)O. The minimum Gasteiger partial charge on any atom is -0.481 e. The summed E-state index contributed by atoms with van der Waals surface area (Å²) in [6, 6.07) is 0. The van der Waals surface area contributed by atoms with Crippen LogP contribution in [0.2, 0.25) is 0 Å². The standard InChI is InChI=1S/C7H15NO2S/c1-5(11-2)6(4-8)3-7(9)10/h5-6H,3-4,8H2,1-2H3,(H,9,10). The van der Waals surface area contributed by atoms with Gasteiger partial charge < -0.3 is 10.8 Å². The number of thioether (sulfide) groups is 1. The molecule has 3 N–H and O–H groups in total. The summed E-state index contributed by atoms with van der Waals surface area (Å²) >= 11 is 1.66. The van der Waals surface area contributed by atoms with E-state index in [-0.39, 0.29) is 12.3 Å². The Balaban J connectivity index is 3.84. The number of rotatable bonds is 5. The van der Waals surface area contributed by atoms with Crippen molar-refractivity contribution in [3.05, 3.63) is 0 Å². The van der Waals surface area contributed by atoms with Gasteiger partial charge in [0.2, 0.25) is 0 Å². The Hall–Kier alpha value is -0.220. The zero-order chi connectivity index (χ0) is 8.85. The lowest BCUT2D eigenvalue weighted by atomic mass is 10.0. The van der Waals surface area contributed by atoms with Crippen LogP contribution in [0.4, 0.5) is 0 Å². The molecule has 0 aliphatic rings. The van der Waals surface area contributed by atoms with Crippen LogP contribution < -0.4 is 5.73 Å². The van der Waals surface area contributed by atoms with E-state index in [9.17, 15) is 4.79 Å². The highest BCUT2D eigenvalue weighted by molar-refractivity contribution is 7.99. The number of carboxylic acids is 1. The summed E-state index contributed by atoms with van der Waals surface area (Å²) in [7, 11) is 0. The largest absolute Gasteiger partial charge is 0.481 e. The van der Waals surface area contributed by atoms with Gasteiger partial charge in [-0.25, -0.2) is 0 Å². The summed E-state index contributed by atoms with van der Waals surface area (Å²) in [5.41, 5.74) is 5.42. The van der Waals surface area contributed by atoms with Crippen molar-refractivity contribution in [3.63, 3.8) is 0 Å². The Kier molecular flexibility index (Phi) is 5.32. The van der Waals surface area contributed by atoms with Gasteiger partial charge in [0.05, 0.1) is 6.42 Å². The van der Waals surface area contributed by atoms with E-state index >= 15 is 0 Å². The highest BCUT2D eigenvalue weighted by Gasteiger charge is 2.17. The van der Waals surface area contributed by atoms with Gasteiger partial charge in [0.1, 0.15) is 0 Å². The first kappa shape index (κ1) is 10.8. The molecule has 0 aromatic rings. The third kappa shape index (κ3) is 4.27. The topological polar surface area (TPSA) is 63.3 Å². The van der Waals surface area contributed by atoms with Gasteiger partial charge in [-0.3, -0.25) is 4.79 Å². The lowest BCUT2D eigenvalue weighted by Crippen LogP contribution is -2.25. The van der Waals surface area contributed by atoms with Crippen LogP contribution in [-0.2, 0) is 4.79 Å². The molecule has 2 atom stereocenters. The minimum atomic E-state index is -0.763. The van der Waals surface area contributed by atoms with Crippen molar-refractivity contribution in [1.82, 2.24) is 0 Å². The predicted octanol–water partition coefficient (Wildman–Crippen LogP) is 0.788. The van der Waals surface area contributed by atoms with Crippen LogP contribution in [0.3, 0.4) is 0 Å². The van der Waals surface area contributed by atoms with E-state index < -0.39 is 5.97 Å². The molecule has 11 heavy (non-hydrogen) atoms. The van der Waals surface area contributed by atoms with Crippen molar-refractivity contribution in [2.75, 3.05) is 12.8 Å². The average molecular weight is 177 g/mol. The summed E-state index contributed by atoms with van der Waals surface area (Å²) < 4.78 is 0. The summed E-state index contributed by atoms with van der Waals surface area (Å²) in [6.45, 7) is 2.46. The van der Waals surface area contributed by atoms with Gasteiger partial charge in [-0.15, -0.1) is 0 Å². The van der Waals surface area contributed by atoms with Crippen LogP contribution in [0.15, 0.2) is 0 Å². The average Bonchev–Trinajstić information content (AvgIpc) is 1.98. The fourth-order valence-electron chi connectivity index (χ4n) is 0.858. The highest BCUT2D eigenvalue weighted by Crippen LogP contribution is 2.18. The number of nitrogens with two attached hydrogens (primary N) is 1. The second-order valence-corrected chi connectivity index (χ2v) is 3.75. The van der Waals surface area contributed by atoms with Crippen LogP contribution in [0.1, 0.15) is 13.3 Å². The zero-order valence-corrected chi connectivity index (χ0v) is 7.73. The monoisotopic (exact) mass is 177 g/mol. The lowest BCUT2D eigenvalue weighted by Gasteiger charge is -2.18. The summed E-state index contributed by atoms with van der Waals surface area (Å²) in [5, 5.41) is 8.82. The van der Waals surface area contributed by atoms with Crippen LogP contribution in [-0.4, -0.2) is 29.1 Å². The Bertz CT molecular complexity index is 130. The number of carbonyl (C=O) groups is 1. The van der Waals surface area contributed by atoms with Crippen LogP contribution in [0, 0.1) is 5.92 Å². The fourth-order valence-corrected chi connectivity index (χ4v) is 1.45. The molecule has 0 saturated carbocycles. The van der Waals surface area contributed by atoms with E-state index in [0.29, 0.717) is 11.8 Å². The van der Waals surface area contributed by atoms with Gasteiger partial charge in [-0.05, 0) is 18.7 Å². The molecule has 0 spiro atoms. The first-order valence-electron chi connectivity index (χ1n) is 3.56. The summed E-state index contributed by atoms with van der Waals surface area (Å²) in [4.78, 5) is 10.3. The van der Waals surface area contributed by atoms with E-state index in [4.69, 9.17) is 10.8 Å². The Morgan fingerprint density at radius 1 is 1.73 bits per heavy atom. The fraction of sp³-hybridized carbons (Fsp3) is 0.857. The maximum Gasteiger partial charge on any atom is 0.303 e. The van der Waals surface area contributed by atoms with Crippen molar-refractivity contribution in [2.24, 2.45) is 11.7 Å². The van der Waals surface area contributed by atoms with Crippen LogP contribution in [0.25, 0.3) is 0 Å². The minimum absolute atomic E-state index is 0.0995. The number of hydrogen-bond donors (Lipinski definition) is 2. The molecule has 0 aromatic heterocycles. The van der Waals surface area contributed by atoms with E-state index in [1.54, 1.807) is 11.8 Å². The summed E-state index contributed by atoms with van der Waals surface area (Å²) in [6.07, 6.45) is 2.15. The molecule has 0 heterocycles. The second kappa shape index (κ2) is 5.43. The first-order chi connectivity index (χ1) is 5.11. The van der Waals surface area contributed by atoms with Gasteiger partial charge in [0.25, 0.3) is 0 Å². The molecule has 0 aliphatic heterocycles. The number of aliphatic carboxylic acids is 1. The molecule has 66 valence electrons. The molecule has 0 radical (unpaired) electrons. The number of carboxylic acid groups (broad SMARTS) is 1. The van der Waals surface area contributed by atoms with Gasteiger partial charge in [0.15, 0.2) is 0 Å². The molecule has 0 rings (SSSR count). The van der Waals surface area contributed by atoms with Crippen molar-refractivity contribution < 1.29 is 9.90 Å². The maximum absolute atomic E-state index is 10.3. The van der Waals surface area contributed by atoms with Crippen molar-refractivity contribution in [2.45, 2.75) is 18.6 Å². The van der Waals surface area contributed by atoms with Gasteiger partial charge in [-0.1, -0.05) is 6.92 Å². The normalized spacial score (nSPS) is 15.9. The Labute approximate surface area is 71.3 Å². The Morgan fingerprint density at radius 3 is 2.55 bits per heavy atom. The molecule has 2 unspecified atom stereocenters. The quantitative estimate of drug-likeness (QED) is 0.651. The molecule has 0 aromatic carbocycles. The lowest BCUT2D eigenvalue weighted by molar-refractivity contribution is -0.138. The second-order valence-electron chi connectivity index (χ2n) is 2.53. The molecule has 0 saturated heterocycles.